The third-order valence-electron chi connectivity index (χ3n) is 0.794. The first-order chi connectivity index (χ1) is 4.91. The molecule has 0 bridgehead atoms. The molecule has 0 unspecified atom stereocenters. The number of allylic oxidation sites excluding steroid dienone is 2. The lowest BCUT2D eigenvalue weighted by Crippen LogP contribution is -1.76. The molecule has 0 aliphatic carbocycles. The Morgan fingerprint density at radius 3 is 1.60 bits per heavy atom. The minimum absolute atomic E-state index is 0.707. The van der Waals surface area contributed by atoms with Gasteiger partial charge in [0.2, 0.25) is 0 Å². The first-order valence-electron chi connectivity index (χ1n) is 3.46. The van der Waals surface area contributed by atoms with E-state index in [2.05, 4.69) is 0 Å². The molecule has 0 aromatic heterocycles. The minimum atomic E-state index is 0.707. The van der Waals surface area contributed by atoms with Crippen molar-refractivity contribution in [3.05, 3.63) is 24.7 Å². The molecule has 2 heteroatoms. The van der Waals surface area contributed by atoms with E-state index in [0.717, 1.165) is 0 Å². The van der Waals surface area contributed by atoms with Crippen LogP contribution in [0.3, 0.4) is 0 Å². The van der Waals surface area contributed by atoms with Crippen molar-refractivity contribution in [3.63, 3.8) is 0 Å². The molecule has 58 valence electrons. The summed E-state index contributed by atoms with van der Waals surface area (Å²) in [4.78, 5) is 0. The molecule has 0 radical (unpaired) electrons. The van der Waals surface area contributed by atoms with Gasteiger partial charge in [-0.15, -0.1) is 0 Å². The smallest absolute Gasteiger partial charge is 0.0845 e. The van der Waals surface area contributed by atoms with Gasteiger partial charge in [0.1, 0.15) is 0 Å². The quantitative estimate of drug-likeness (QED) is 0.432. The molecule has 0 saturated carbocycles. The first kappa shape index (κ1) is 9.08. The summed E-state index contributed by atoms with van der Waals surface area (Å²) >= 11 is 0. The lowest BCUT2D eigenvalue weighted by molar-refractivity contribution is 0.265. The third kappa shape index (κ3) is 7.08. The average molecular weight is 142 g/mol. The summed E-state index contributed by atoms with van der Waals surface area (Å²) in [5.41, 5.74) is 0. The van der Waals surface area contributed by atoms with Gasteiger partial charge < -0.3 is 9.47 Å². The first-order valence-corrected chi connectivity index (χ1v) is 3.46. The van der Waals surface area contributed by atoms with Crippen molar-refractivity contribution in [3.8, 4) is 0 Å². The van der Waals surface area contributed by atoms with Crippen molar-refractivity contribution in [2.75, 3.05) is 13.2 Å². The molecular weight excluding hydrogens is 128 g/mol. The van der Waals surface area contributed by atoms with Crippen LogP contribution < -0.4 is 0 Å². The number of hydrogen-bond acceptors (Lipinski definition) is 2. The van der Waals surface area contributed by atoms with Gasteiger partial charge in [0.25, 0.3) is 0 Å². The second kappa shape index (κ2) is 8.08. The van der Waals surface area contributed by atoms with Crippen LogP contribution in [-0.2, 0) is 9.47 Å². The lowest BCUT2D eigenvalue weighted by Gasteiger charge is -1.90. The van der Waals surface area contributed by atoms with Crippen molar-refractivity contribution < 1.29 is 9.47 Å². The van der Waals surface area contributed by atoms with E-state index in [1.807, 2.05) is 13.8 Å². The molecule has 2 nitrogen and oxygen atoms in total. The van der Waals surface area contributed by atoms with Gasteiger partial charge in [0, 0.05) is 0 Å². The van der Waals surface area contributed by atoms with Crippen molar-refractivity contribution in [2.45, 2.75) is 13.8 Å². The minimum Gasteiger partial charge on any atom is -0.501 e. The zero-order chi connectivity index (χ0) is 7.66. The van der Waals surface area contributed by atoms with Crippen LogP contribution in [0.5, 0.6) is 0 Å². The van der Waals surface area contributed by atoms with Gasteiger partial charge in [-0.2, -0.15) is 0 Å². The van der Waals surface area contributed by atoms with Gasteiger partial charge in [-0.25, -0.2) is 0 Å². The zero-order valence-corrected chi connectivity index (χ0v) is 6.54. The third-order valence-corrected chi connectivity index (χ3v) is 0.794. The van der Waals surface area contributed by atoms with E-state index in [1.54, 1.807) is 24.7 Å². The highest BCUT2D eigenvalue weighted by Crippen LogP contribution is 1.81. The normalized spacial score (nSPS) is 11.0. The van der Waals surface area contributed by atoms with Gasteiger partial charge >= 0.3 is 0 Å². The van der Waals surface area contributed by atoms with Crippen LogP contribution in [0, 0.1) is 0 Å². The standard InChI is InChI=1S/C8H14O2/c1-3-9-7-5-6-8-10-4-2/h5-8H,3-4H2,1-2H3/b7-5+,8-6+. The van der Waals surface area contributed by atoms with E-state index in [1.165, 1.54) is 0 Å². The molecule has 0 aromatic carbocycles. The van der Waals surface area contributed by atoms with E-state index in [9.17, 15) is 0 Å². The van der Waals surface area contributed by atoms with Crippen molar-refractivity contribution >= 4 is 0 Å². The molecule has 0 N–H and O–H groups in total. The summed E-state index contributed by atoms with van der Waals surface area (Å²) in [6, 6.07) is 0. The maximum atomic E-state index is 4.93. The van der Waals surface area contributed by atoms with Crippen molar-refractivity contribution in [1.82, 2.24) is 0 Å². The molecule has 0 rings (SSSR count). The fraction of sp³-hybridized carbons (Fsp3) is 0.500. The molecule has 10 heavy (non-hydrogen) atoms. The van der Waals surface area contributed by atoms with Gasteiger partial charge in [-0.3, -0.25) is 0 Å². The molecule has 0 amide bonds. The van der Waals surface area contributed by atoms with Gasteiger partial charge in [0.15, 0.2) is 0 Å². The molecule has 0 saturated heterocycles. The summed E-state index contributed by atoms with van der Waals surface area (Å²) in [6.45, 7) is 5.30. The Bertz CT molecular complexity index is 91.8. The number of hydrogen-bond donors (Lipinski definition) is 0. The Morgan fingerprint density at radius 1 is 0.900 bits per heavy atom. The van der Waals surface area contributed by atoms with E-state index in [0.29, 0.717) is 13.2 Å². The lowest BCUT2D eigenvalue weighted by atomic mass is 10.6. The average Bonchev–Trinajstić information content (AvgIpc) is 1.97. The summed E-state index contributed by atoms with van der Waals surface area (Å²) in [5.74, 6) is 0. The predicted octanol–water partition coefficient (Wildman–Crippen LogP) is 2.09. The fourth-order valence-corrected chi connectivity index (χ4v) is 0.394. The second-order valence-electron chi connectivity index (χ2n) is 1.57. The van der Waals surface area contributed by atoms with Crippen LogP contribution >= 0.6 is 0 Å². The Balaban J connectivity index is 3.15. The van der Waals surface area contributed by atoms with Crippen LogP contribution in [0.1, 0.15) is 13.8 Å². The summed E-state index contributed by atoms with van der Waals surface area (Å²) in [7, 11) is 0. The highest BCUT2D eigenvalue weighted by atomic mass is 16.5. The Morgan fingerprint density at radius 2 is 1.30 bits per heavy atom. The molecule has 0 aromatic rings. The molecule has 0 spiro atoms. The second-order valence-corrected chi connectivity index (χ2v) is 1.57. The molecule has 0 fully saturated rings. The van der Waals surface area contributed by atoms with Crippen molar-refractivity contribution in [2.24, 2.45) is 0 Å². The van der Waals surface area contributed by atoms with E-state index < -0.39 is 0 Å². The molecule has 0 atom stereocenters. The van der Waals surface area contributed by atoms with Crippen LogP contribution in [0.25, 0.3) is 0 Å². The Kier molecular flexibility index (Phi) is 7.34. The SMILES string of the molecule is CCO/C=C/C=C/OCC. The van der Waals surface area contributed by atoms with E-state index >= 15 is 0 Å². The Hall–Kier alpha value is -0.920. The van der Waals surface area contributed by atoms with Crippen LogP contribution in [-0.4, -0.2) is 13.2 Å². The fourth-order valence-electron chi connectivity index (χ4n) is 0.394. The highest BCUT2D eigenvalue weighted by molar-refractivity contribution is 4.96. The largest absolute Gasteiger partial charge is 0.501 e. The van der Waals surface area contributed by atoms with Crippen LogP contribution in [0.4, 0.5) is 0 Å². The van der Waals surface area contributed by atoms with Crippen LogP contribution in [0.15, 0.2) is 24.7 Å². The summed E-state index contributed by atoms with van der Waals surface area (Å²) < 4.78 is 9.85. The molecule has 0 heterocycles. The molecule has 0 aliphatic heterocycles. The highest BCUT2D eigenvalue weighted by Gasteiger charge is 1.67. The van der Waals surface area contributed by atoms with E-state index in [-0.39, 0.29) is 0 Å². The number of ether oxygens (including phenoxy) is 2. The zero-order valence-electron chi connectivity index (χ0n) is 6.54. The van der Waals surface area contributed by atoms with E-state index in [4.69, 9.17) is 9.47 Å². The summed E-state index contributed by atoms with van der Waals surface area (Å²) in [6.07, 6.45) is 6.85. The maximum absolute atomic E-state index is 4.93. The van der Waals surface area contributed by atoms with Crippen LogP contribution in [0.2, 0.25) is 0 Å². The van der Waals surface area contributed by atoms with Gasteiger partial charge in [-0.05, 0) is 26.0 Å². The van der Waals surface area contributed by atoms with Gasteiger partial charge in [0.05, 0.1) is 25.7 Å². The Labute approximate surface area is 62.1 Å². The monoisotopic (exact) mass is 142 g/mol. The molecule has 0 aliphatic rings. The van der Waals surface area contributed by atoms with Crippen molar-refractivity contribution in [1.29, 1.82) is 0 Å². The number of rotatable bonds is 5. The summed E-state index contributed by atoms with van der Waals surface area (Å²) in [5, 5.41) is 0. The van der Waals surface area contributed by atoms with Gasteiger partial charge in [-0.1, -0.05) is 0 Å². The maximum Gasteiger partial charge on any atom is 0.0845 e. The molecular formula is C8H14O2. The predicted molar refractivity (Wildman–Crippen MR) is 41.5 cm³/mol. The topological polar surface area (TPSA) is 18.5 Å².